The molecule has 84 valence electrons. The molecule has 1 unspecified atom stereocenters. The lowest BCUT2D eigenvalue weighted by atomic mass is 10.3. The number of nitrogens with two attached hydrogens (primary N) is 1. The zero-order chi connectivity index (χ0) is 11.2. The monoisotopic (exact) mass is 214 g/mol. The van der Waals surface area contributed by atoms with E-state index in [9.17, 15) is 18.0 Å². The molecule has 0 radical (unpaired) electrons. The number of likely N-dealkylation sites (N-methyl/N-ethyl adjacent to an activating group) is 1. The molecule has 7 heteroatoms. The normalized spacial score (nSPS) is 14.0. The Morgan fingerprint density at radius 2 is 2.14 bits per heavy atom. The third-order valence-corrected chi connectivity index (χ3v) is 1.34. The summed E-state index contributed by atoms with van der Waals surface area (Å²) in [6.07, 6.45) is -4.38. The molecule has 0 saturated heterocycles. The molecule has 14 heavy (non-hydrogen) atoms. The van der Waals surface area contributed by atoms with Crippen molar-refractivity contribution < 1.29 is 22.7 Å². The second-order valence-electron chi connectivity index (χ2n) is 2.64. The fourth-order valence-corrected chi connectivity index (χ4v) is 0.781. The summed E-state index contributed by atoms with van der Waals surface area (Å²) in [6, 6.07) is -0.873. The van der Waals surface area contributed by atoms with Gasteiger partial charge in [-0.05, 0) is 6.54 Å². The van der Waals surface area contributed by atoms with E-state index in [4.69, 9.17) is 5.73 Å². The molecule has 4 nitrogen and oxygen atoms in total. The highest BCUT2D eigenvalue weighted by atomic mass is 19.4. The van der Waals surface area contributed by atoms with Gasteiger partial charge in [-0.15, -0.1) is 0 Å². The van der Waals surface area contributed by atoms with Gasteiger partial charge in [-0.1, -0.05) is 6.92 Å². The summed E-state index contributed by atoms with van der Waals surface area (Å²) in [5, 5.41) is 2.60. The molecule has 3 N–H and O–H groups in total. The number of alkyl halides is 3. The van der Waals surface area contributed by atoms with Crippen LogP contribution in [0.15, 0.2) is 0 Å². The van der Waals surface area contributed by atoms with Crippen LogP contribution in [0, 0.1) is 0 Å². The zero-order valence-electron chi connectivity index (χ0n) is 7.73. The Morgan fingerprint density at radius 1 is 1.57 bits per heavy atom. The molecule has 0 aliphatic carbocycles. The van der Waals surface area contributed by atoms with Crippen LogP contribution in [0.5, 0.6) is 0 Å². The predicted molar refractivity (Wildman–Crippen MR) is 43.5 cm³/mol. The number of carbonyl (C=O) groups excluding carboxylic acids is 1. The molecule has 0 aromatic rings. The summed E-state index contributed by atoms with van der Waals surface area (Å²) in [5.41, 5.74) is 4.91. The van der Waals surface area contributed by atoms with Crippen LogP contribution in [0.2, 0.25) is 0 Å². The Morgan fingerprint density at radius 3 is 2.50 bits per heavy atom. The van der Waals surface area contributed by atoms with Crippen LogP contribution in [0.1, 0.15) is 6.92 Å². The van der Waals surface area contributed by atoms with E-state index in [-0.39, 0.29) is 6.61 Å². The molecular formula is C7H13F3N2O2. The van der Waals surface area contributed by atoms with E-state index in [1.54, 1.807) is 6.92 Å². The Balaban J connectivity index is 3.77. The lowest BCUT2D eigenvalue weighted by Gasteiger charge is -2.15. The summed E-state index contributed by atoms with van der Waals surface area (Å²) in [7, 11) is 0. The summed E-state index contributed by atoms with van der Waals surface area (Å²) in [5.74, 6) is -0.728. The third-order valence-electron chi connectivity index (χ3n) is 1.34. The van der Waals surface area contributed by atoms with Crippen LogP contribution in [0.25, 0.3) is 0 Å². The van der Waals surface area contributed by atoms with Gasteiger partial charge in [0.25, 0.3) is 0 Å². The smallest absolute Gasteiger partial charge is 0.370 e. The highest BCUT2D eigenvalue weighted by molar-refractivity contribution is 5.79. The Bertz CT molecular complexity index is 184. The minimum absolute atomic E-state index is 0.372. The molecule has 1 atom stereocenters. The zero-order valence-corrected chi connectivity index (χ0v) is 7.73. The molecule has 0 fully saturated rings. The van der Waals surface area contributed by atoms with Crippen molar-refractivity contribution in [3.8, 4) is 0 Å². The van der Waals surface area contributed by atoms with E-state index in [1.807, 2.05) is 0 Å². The predicted octanol–water partition coefficient (Wildman–Crippen LogP) is 0.0287. The molecule has 0 spiro atoms. The minimum Gasteiger partial charge on any atom is -0.370 e. The quantitative estimate of drug-likeness (QED) is 0.655. The Hall–Kier alpha value is -0.820. The van der Waals surface area contributed by atoms with Gasteiger partial charge in [0.05, 0.1) is 6.61 Å². The number of ether oxygens (including phenoxy) is 1. The van der Waals surface area contributed by atoms with E-state index >= 15 is 0 Å². The maximum Gasteiger partial charge on any atom is 0.411 e. The SMILES string of the molecule is CCNC(COCC(F)(F)F)C(N)=O. The highest BCUT2D eigenvalue weighted by Crippen LogP contribution is 2.14. The Labute approximate surface area is 79.6 Å². The maximum absolute atomic E-state index is 11.6. The van der Waals surface area contributed by atoms with Crippen molar-refractivity contribution in [3.63, 3.8) is 0 Å². The van der Waals surface area contributed by atoms with Crippen molar-refractivity contribution in [2.75, 3.05) is 19.8 Å². The van der Waals surface area contributed by atoms with Crippen molar-refractivity contribution >= 4 is 5.91 Å². The molecule has 0 aromatic carbocycles. The molecule has 0 bridgehead atoms. The minimum atomic E-state index is -4.38. The van der Waals surface area contributed by atoms with Crippen LogP contribution in [0.4, 0.5) is 13.2 Å². The van der Waals surface area contributed by atoms with E-state index in [0.717, 1.165) is 0 Å². The van der Waals surface area contributed by atoms with E-state index in [2.05, 4.69) is 10.1 Å². The summed E-state index contributed by atoms with van der Waals surface area (Å²) < 4.78 is 39.2. The number of halogens is 3. The van der Waals surface area contributed by atoms with E-state index in [0.29, 0.717) is 6.54 Å². The molecule has 0 aliphatic heterocycles. The van der Waals surface area contributed by atoms with Crippen LogP contribution < -0.4 is 11.1 Å². The van der Waals surface area contributed by atoms with Gasteiger partial charge in [0, 0.05) is 0 Å². The van der Waals surface area contributed by atoms with Gasteiger partial charge < -0.3 is 15.8 Å². The average molecular weight is 214 g/mol. The number of nitrogens with one attached hydrogen (secondary N) is 1. The van der Waals surface area contributed by atoms with E-state index < -0.39 is 24.7 Å². The summed E-state index contributed by atoms with van der Waals surface area (Å²) in [4.78, 5) is 10.6. The van der Waals surface area contributed by atoms with Crippen molar-refractivity contribution in [3.05, 3.63) is 0 Å². The molecule has 0 heterocycles. The standard InChI is InChI=1S/C7H13F3N2O2/c1-2-12-5(6(11)13)3-14-4-7(8,9)10/h5,12H,2-4H2,1H3,(H2,11,13). The van der Waals surface area contributed by atoms with Crippen molar-refractivity contribution in [2.45, 2.75) is 19.1 Å². The molecule has 1 amide bonds. The van der Waals surface area contributed by atoms with Gasteiger partial charge >= 0.3 is 6.18 Å². The number of hydrogen-bond donors (Lipinski definition) is 2. The first-order valence-corrected chi connectivity index (χ1v) is 4.04. The van der Waals surface area contributed by atoms with Crippen LogP contribution >= 0.6 is 0 Å². The van der Waals surface area contributed by atoms with Crippen LogP contribution in [-0.4, -0.2) is 37.9 Å². The van der Waals surface area contributed by atoms with Gasteiger partial charge in [-0.2, -0.15) is 13.2 Å². The highest BCUT2D eigenvalue weighted by Gasteiger charge is 2.28. The summed E-state index contributed by atoms with van der Waals surface area (Å²) >= 11 is 0. The van der Waals surface area contributed by atoms with Crippen LogP contribution in [-0.2, 0) is 9.53 Å². The molecule has 0 rings (SSSR count). The Kier molecular flexibility index (Phi) is 5.47. The second-order valence-corrected chi connectivity index (χ2v) is 2.64. The number of rotatable bonds is 6. The van der Waals surface area contributed by atoms with Crippen LogP contribution in [0.3, 0.4) is 0 Å². The lowest BCUT2D eigenvalue weighted by molar-refractivity contribution is -0.176. The van der Waals surface area contributed by atoms with Crippen molar-refractivity contribution in [1.29, 1.82) is 0 Å². The number of carbonyl (C=O) groups is 1. The number of amides is 1. The van der Waals surface area contributed by atoms with Gasteiger partial charge in [-0.25, -0.2) is 0 Å². The fourth-order valence-electron chi connectivity index (χ4n) is 0.781. The fraction of sp³-hybridized carbons (Fsp3) is 0.857. The number of hydrogen-bond acceptors (Lipinski definition) is 3. The second kappa shape index (κ2) is 5.82. The number of primary amides is 1. The van der Waals surface area contributed by atoms with Crippen molar-refractivity contribution in [2.24, 2.45) is 5.73 Å². The van der Waals surface area contributed by atoms with Crippen molar-refractivity contribution in [1.82, 2.24) is 5.32 Å². The average Bonchev–Trinajstić information content (AvgIpc) is 2.00. The first-order valence-electron chi connectivity index (χ1n) is 4.04. The summed E-state index contributed by atoms with van der Waals surface area (Å²) in [6.45, 7) is 0.396. The molecular weight excluding hydrogens is 201 g/mol. The van der Waals surface area contributed by atoms with Gasteiger partial charge in [0.15, 0.2) is 0 Å². The van der Waals surface area contributed by atoms with E-state index in [1.165, 1.54) is 0 Å². The first kappa shape index (κ1) is 13.2. The molecule has 0 saturated carbocycles. The lowest BCUT2D eigenvalue weighted by Crippen LogP contribution is -2.45. The molecule has 0 aromatic heterocycles. The molecule has 0 aliphatic rings. The van der Waals surface area contributed by atoms with Gasteiger partial charge in [0.1, 0.15) is 12.6 Å². The maximum atomic E-state index is 11.6. The van der Waals surface area contributed by atoms with Gasteiger partial charge in [0.2, 0.25) is 5.91 Å². The topological polar surface area (TPSA) is 64.3 Å². The van der Waals surface area contributed by atoms with Gasteiger partial charge in [-0.3, -0.25) is 4.79 Å². The largest absolute Gasteiger partial charge is 0.411 e. The third kappa shape index (κ3) is 6.67. The first-order chi connectivity index (χ1) is 6.37.